The second kappa shape index (κ2) is 6.78. The highest BCUT2D eigenvalue weighted by Gasteiger charge is 2.04. The number of carbonyl (C=O) groups is 2. The van der Waals surface area contributed by atoms with Crippen molar-refractivity contribution < 1.29 is 14.7 Å². The Bertz CT molecular complexity index is 404. The van der Waals surface area contributed by atoms with E-state index in [9.17, 15) is 9.59 Å². The molecule has 3 N–H and O–H groups in total. The van der Waals surface area contributed by atoms with Crippen LogP contribution in [0.4, 0.5) is 5.69 Å². The lowest BCUT2D eigenvalue weighted by molar-refractivity contribution is -0.115. The van der Waals surface area contributed by atoms with Gasteiger partial charge < -0.3 is 15.7 Å². The highest BCUT2D eigenvalue weighted by Crippen LogP contribution is 2.10. The summed E-state index contributed by atoms with van der Waals surface area (Å²) in [6.45, 7) is 1.97. The molecule has 0 aliphatic heterocycles. The Morgan fingerprint density at radius 3 is 2.76 bits per heavy atom. The molecule has 1 aromatic rings. The van der Waals surface area contributed by atoms with Crippen molar-refractivity contribution in [2.24, 2.45) is 0 Å². The van der Waals surface area contributed by atoms with Crippen LogP contribution in [0.3, 0.4) is 0 Å². The van der Waals surface area contributed by atoms with Gasteiger partial charge in [-0.1, -0.05) is 12.1 Å². The summed E-state index contributed by atoms with van der Waals surface area (Å²) in [6, 6.07) is 6.76. The Hall–Kier alpha value is -1.72. The Balaban J connectivity index is 2.53. The molecule has 17 heavy (non-hydrogen) atoms. The zero-order valence-corrected chi connectivity index (χ0v) is 9.69. The van der Waals surface area contributed by atoms with Gasteiger partial charge in [0.15, 0.2) is 5.78 Å². The lowest BCUT2D eigenvalue weighted by Crippen LogP contribution is -2.29. The SMILES string of the molecule is CC(=O)c1cccc(NC(=O)CNCCO)c1. The van der Waals surface area contributed by atoms with Gasteiger partial charge in [0.25, 0.3) is 0 Å². The van der Waals surface area contributed by atoms with E-state index in [2.05, 4.69) is 10.6 Å². The first-order chi connectivity index (χ1) is 8.13. The normalized spacial score (nSPS) is 10.0. The van der Waals surface area contributed by atoms with E-state index in [4.69, 9.17) is 5.11 Å². The van der Waals surface area contributed by atoms with E-state index in [-0.39, 0.29) is 24.8 Å². The minimum atomic E-state index is -0.209. The van der Waals surface area contributed by atoms with E-state index in [0.29, 0.717) is 17.8 Å². The Morgan fingerprint density at radius 1 is 1.35 bits per heavy atom. The van der Waals surface area contributed by atoms with Gasteiger partial charge in [-0.25, -0.2) is 0 Å². The fourth-order valence-electron chi connectivity index (χ4n) is 1.30. The van der Waals surface area contributed by atoms with Crippen LogP contribution in [0.15, 0.2) is 24.3 Å². The average molecular weight is 236 g/mol. The van der Waals surface area contributed by atoms with Crippen molar-refractivity contribution >= 4 is 17.4 Å². The minimum absolute atomic E-state index is 0.00684. The summed E-state index contributed by atoms with van der Waals surface area (Å²) in [5, 5.41) is 14.0. The van der Waals surface area contributed by atoms with Crippen molar-refractivity contribution in [3.8, 4) is 0 Å². The van der Waals surface area contributed by atoms with Crippen LogP contribution in [-0.4, -0.2) is 36.5 Å². The van der Waals surface area contributed by atoms with Crippen LogP contribution >= 0.6 is 0 Å². The third-order valence-corrected chi connectivity index (χ3v) is 2.13. The molecule has 5 heteroatoms. The molecule has 1 aromatic carbocycles. The molecule has 0 saturated carbocycles. The molecule has 0 radical (unpaired) electrons. The second-order valence-electron chi connectivity index (χ2n) is 3.59. The van der Waals surface area contributed by atoms with Gasteiger partial charge in [0.1, 0.15) is 0 Å². The van der Waals surface area contributed by atoms with Crippen LogP contribution in [-0.2, 0) is 4.79 Å². The van der Waals surface area contributed by atoms with Gasteiger partial charge in [-0.2, -0.15) is 0 Å². The van der Waals surface area contributed by atoms with Crippen molar-refractivity contribution in [3.05, 3.63) is 29.8 Å². The van der Waals surface area contributed by atoms with Crippen LogP contribution in [0.1, 0.15) is 17.3 Å². The number of hydrogen-bond donors (Lipinski definition) is 3. The summed E-state index contributed by atoms with van der Waals surface area (Å²) >= 11 is 0. The molecule has 0 aromatic heterocycles. The molecule has 0 bridgehead atoms. The smallest absolute Gasteiger partial charge is 0.238 e. The maximum Gasteiger partial charge on any atom is 0.238 e. The van der Waals surface area contributed by atoms with Crippen molar-refractivity contribution in [3.63, 3.8) is 0 Å². The third kappa shape index (κ3) is 4.76. The van der Waals surface area contributed by atoms with E-state index in [1.54, 1.807) is 24.3 Å². The Kier molecular flexibility index (Phi) is 5.32. The maximum atomic E-state index is 11.4. The van der Waals surface area contributed by atoms with Gasteiger partial charge in [-0.05, 0) is 19.1 Å². The number of nitrogens with one attached hydrogen (secondary N) is 2. The predicted molar refractivity (Wildman–Crippen MR) is 65.0 cm³/mol. The molecule has 0 saturated heterocycles. The highest BCUT2D eigenvalue weighted by atomic mass is 16.3. The maximum absolute atomic E-state index is 11.4. The molecule has 0 spiro atoms. The van der Waals surface area contributed by atoms with Gasteiger partial charge in [-0.15, -0.1) is 0 Å². The third-order valence-electron chi connectivity index (χ3n) is 2.13. The van der Waals surface area contributed by atoms with E-state index in [1.807, 2.05) is 0 Å². The monoisotopic (exact) mass is 236 g/mol. The molecule has 0 unspecified atom stereocenters. The van der Waals surface area contributed by atoms with Crippen molar-refractivity contribution in [2.45, 2.75) is 6.92 Å². The first kappa shape index (κ1) is 13.3. The lowest BCUT2D eigenvalue weighted by atomic mass is 10.1. The number of carbonyl (C=O) groups excluding carboxylic acids is 2. The van der Waals surface area contributed by atoms with E-state index < -0.39 is 0 Å². The van der Waals surface area contributed by atoms with Crippen LogP contribution < -0.4 is 10.6 Å². The Morgan fingerprint density at radius 2 is 2.12 bits per heavy atom. The fraction of sp³-hybridized carbons (Fsp3) is 0.333. The molecule has 0 heterocycles. The van der Waals surface area contributed by atoms with Gasteiger partial charge in [0.05, 0.1) is 13.2 Å². The molecular formula is C12H16N2O3. The van der Waals surface area contributed by atoms with E-state index in [1.165, 1.54) is 6.92 Å². The summed E-state index contributed by atoms with van der Waals surface area (Å²) in [7, 11) is 0. The first-order valence-corrected chi connectivity index (χ1v) is 5.36. The van der Waals surface area contributed by atoms with Gasteiger partial charge >= 0.3 is 0 Å². The van der Waals surface area contributed by atoms with E-state index >= 15 is 0 Å². The number of aliphatic hydroxyl groups is 1. The zero-order valence-electron chi connectivity index (χ0n) is 9.69. The molecule has 0 atom stereocenters. The summed E-state index contributed by atoms with van der Waals surface area (Å²) in [6.07, 6.45) is 0. The van der Waals surface area contributed by atoms with Crippen LogP contribution in [0.5, 0.6) is 0 Å². The average Bonchev–Trinajstić information content (AvgIpc) is 2.29. The summed E-state index contributed by atoms with van der Waals surface area (Å²) in [4.78, 5) is 22.6. The zero-order chi connectivity index (χ0) is 12.7. The molecule has 0 fully saturated rings. The Labute approximate surface area is 99.8 Å². The number of rotatable bonds is 6. The van der Waals surface area contributed by atoms with Crippen molar-refractivity contribution in [2.75, 3.05) is 25.0 Å². The largest absolute Gasteiger partial charge is 0.395 e. The molecular weight excluding hydrogens is 220 g/mol. The van der Waals surface area contributed by atoms with E-state index in [0.717, 1.165) is 0 Å². The molecule has 0 aliphatic rings. The molecule has 1 rings (SSSR count). The minimum Gasteiger partial charge on any atom is -0.395 e. The van der Waals surface area contributed by atoms with Gasteiger partial charge in [0.2, 0.25) is 5.91 Å². The van der Waals surface area contributed by atoms with Crippen LogP contribution in [0.25, 0.3) is 0 Å². The summed E-state index contributed by atoms with van der Waals surface area (Å²) in [5.41, 5.74) is 1.15. The highest BCUT2D eigenvalue weighted by molar-refractivity contribution is 5.97. The summed E-state index contributed by atoms with van der Waals surface area (Å²) < 4.78 is 0. The number of hydrogen-bond acceptors (Lipinski definition) is 4. The number of amides is 1. The number of benzene rings is 1. The fourth-order valence-corrected chi connectivity index (χ4v) is 1.30. The standard InChI is InChI=1S/C12H16N2O3/c1-9(16)10-3-2-4-11(7-10)14-12(17)8-13-5-6-15/h2-4,7,13,15H,5-6,8H2,1H3,(H,14,17). The lowest BCUT2D eigenvalue weighted by Gasteiger charge is -2.06. The van der Waals surface area contributed by atoms with Crippen molar-refractivity contribution in [1.29, 1.82) is 0 Å². The number of aliphatic hydroxyl groups excluding tert-OH is 1. The van der Waals surface area contributed by atoms with Crippen LogP contribution in [0.2, 0.25) is 0 Å². The number of anilines is 1. The predicted octanol–water partition coefficient (Wildman–Crippen LogP) is 0.410. The van der Waals surface area contributed by atoms with Crippen molar-refractivity contribution in [1.82, 2.24) is 5.32 Å². The topological polar surface area (TPSA) is 78.4 Å². The molecule has 5 nitrogen and oxygen atoms in total. The molecule has 0 aliphatic carbocycles. The first-order valence-electron chi connectivity index (χ1n) is 5.36. The summed E-state index contributed by atoms with van der Waals surface area (Å²) in [5.74, 6) is -0.251. The quantitative estimate of drug-likeness (QED) is 0.494. The van der Waals surface area contributed by atoms with Crippen LogP contribution in [0, 0.1) is 0 Å². The van der Waals surface area contributed by atoms with Gasteiger partial charge in [0, 0.05) is 17.8 Å². The number of Topliss-reactive ketones (excluding diaryl/α,β-unsaturated/α-hetero) is 1. The number of ketones is 1. The molecule has 1 amide bonds. The van der Waals surface area contributed by atoms with Gasteiger partial charge in [-0.3, -0.25) is 9.59 Å². The second-order valence-corrected chi connectivity index (χ2v) is 3.59. The molecule has 92 valence electrons.